The predicted octanol–water partition coefficient (Wildman–Crippen LogP) is 12.2. The molecule has 0 radical (unpaired) electrons. The van der Waals surface area contributed by atoms with Crippen LogP contribution in [-0.2, 0) is 28.6 Å². The van der Waals surface area contributed by atoms with Gasteiger partial charge in [-0.1, -0.05) is 147 Å². The van der Waals surface area contributed by atoms with Gasteiger partial charge in [0.2, 0.25) is 0 Å². The third-order valence-electron chi connectivity index (χ3n) is 10.0. The number of ether oxygens (including phenoxy) is 3. The highest BCUT2D eigenvalue weighted by molar-refractivity contribution is 5.72. The smallest absolute Gasteiger partial charge is 0.362 e. The molecule has 0 aromatic carbocycles. The third kappa shape index (κ3) is 36.9. The van der Waals surface area contributed by atoms with E-state index < -0.39 is 18.1 Å². The lowest BCUT2D eigenvalue weighted by atomic mass is 10.1. The van der Waals surface area contributed by atoms with E-state index in [-0.39, 0.29) is 36.2 Å². The zero-order valence-corrected chi connectivity index (χ0v) is 36.4. The van der Waals surface area contributed by atoms with Crippen LogP contribution in [-0.4, -0.2) is 80.6 Å². The van der Waals surface area contributed by atoms with Gasteiger partial charge >= 0.3 is 17.9 Å². The molecule has 0 heterocycles. The average molecular weight is 777 g/mol. The molecule has 0 aliphatic rings. The summed E-state index contributed by atoms with van der Waals surface area (Å²) in [5.74, 6) is -1.49. The van der Waals surface area contributed by atoms with E-state index in [0.29, 0.717) is 19.3 Å². The molecular formula is C47H86NO7+. The lowest BCUT2D eigenvalue weighted by Gasteiger charge is -2.31. The SMILES string of the molecule is CC/C=C/C/C=C/CCCCCCCC(=O)OCC(COCCC(C(=O)O)[N+](C)(C)C)OC(=O)CCCCCCCCC/C=C/CCCCCCCCCC. The molecule has 0 aromatic rings. The highest BCUT2D eigenvalue weighted by Crippen LogP contribution is 2.14. The van der Waals surface area contributed by atoms with E-state index in [1.54, 1.807) is 0 Å². The summed E-state index contributed by atoms with van der Waals surface area (Å²) in [6, 6.07) is -0.616. The maximum Gasteiger partial charge on any atom is 0.362 e. The number of carboxylic acids is 1. The lowest BCUT2D eigenvalue weighted by Crippen LogP contribution is -2.50. The number of rotatable bonds is 40. The van der Waals surface area contributed by atoms with Gasteiger partial charge in [0.25, 0.3) is 0 Å². The number of nitrogens with zero attached hydrogens (tertiary/aromatic N) is 1. The molecule has 55 heavy (non-hydrogen) atoms. The number of likely N-dealkylation sites (N-methyl/N-ethyl adjacent to an activating group) is 1. The average Bonchev–Trinajstić information content (AvgIpc) is 3.14. The number of unbranched alkanes of at least 4 members (excludes halogenated alkanes) is 20. The topological polar surface area (TPSA) is 99.1 Å². The second-order valence-electron chi connectivity index (χ2n) is 16.3. The first-order chi connectivity index (χ1) is 26.6. The monoisotopic (exact) mass is 777 g/mol. The van der Waals surface area contributed by atoms with Crippen LogP contribution in [0.4, 0.5) is 0 Å². The number of allylic oxidation sites excluding steroid dienone is 6. The first-order valence-electron chi connectivity index (χ1n) is 22.5. The van der Waals surface area contributed by atoms with Crippen LogP contribution >= 0.6 is 0 Å². The van der Waals surface area contributed by atoms with Crippen molar-refractivity contribution in [2.45, 2.75) is 206 Å². The summed E-state index contributed by atoms with van der Waals surface area (Å²) in [5, 5.41) is 9.61. The standard InChI is InChI=1S/C47H85NO7/c1-6-8-10-12-14-16-18-20-21-22-23-24-25-26-28-30-32-34-36-38-46(50)55-43(41-53-40-39-44(47(51)52)48(3,4)5)42-54-45(49)37-35-33-31-29-27-19-17-15-13-11-9-7-2/h9,11,15,17,22-23,43-44H,6-8,10,12-14,16,18-21,24-42H2,1-5H3/p+1/b11-9+,17-15+,23-22+. The Labute approximate surface area is 338 Å². The number of quaternary nitrogens is 1. The highest BCUT2D eigenvalue weighted by atomic mass is 16.6. The van der Waals surface area contributed by atoms with E-state index in [9.17, 15) is 19.5 Å². The molecule has 8 nitrogen and oxygen atoms in total. The van der Waals surface area contributed by atoms with Crippen LogP contribution in [0.15, 0.2) is 36.5 Å². The molecule has 8 heteroatoms. The number of carbonyl (C=O) groups is 3. The number of hydrogen-bond acceptors (Lipinski definition) is 6. The largest absolute Gasteiger partial charge is 0.477 e. The Bertz CT molecular complexity index is 1000. The van der Waals surface area contributed by atoms with Gasteiger partial charge < -0.3 is 23.8 Å². The Balaban J connectivity index is 4.31. The van der Waals surface area contributed by atoms with Crippen LogP contribution in [0, 0.1) is 0 Å². The molecule has 1 N–H and O–H groups in total. The Morgan fingerprint density at radius 3 is 1.51 bits per heavy atom. The van der Waals surface area contributed by atoms with Crippen LogP contribution in [0.2, 0.25) is 0 Å². The fourth-order valence-electron chi connectivity index (χ4n) is 6.54. The van der Waals surface area contributed by atoms with Gasteiger partial charge in [-0.05, 0) is 64.2 Å². The summed E-state index contributed by atoms with van der Waals surface area (Å²) >= 11 is 0. The molecule has 0 saturated heterocycles. The maximum absolute atomic E-state index is 12.7. The van der Waals surface area contributed by atoms with Gasteiger partial charge in [-0.25, -0.2) is 4.79 Å². The summed E-state index contributed by atoms with van der Waals surface area (Å²) < 4.78 is 17.3. The minimum absolute atomic E-state index is 0.0558. The van der Waals surface area contributed by atoms with Gasteiger partial charge in [0.05, 0.1) is 34.4 Å². The molecule has 0 saturated carbocycles. The van der Waals surface area contributed by atoms with Crippen molar-refractivity contribution >= 4 is 17.9 Å². The van der Waals surface area contributed by atoms with E-state index >= 15 is 0 Å². The number of hydrogen-bond donors (Lipinski definition) is 1. The Hall–Kier alpha value is -2.45. The predicted molar refractivity (Wildman–Crippen MR) is 229 cm³/mol. The summed E-state index contributed by atoms with van der Waals surface area (Å²) in [6.07, 6.45) is 43.3. The van der Waals surface area contributed by atoms with Crippen molar-refractivity contribution in [2.24, 2.45) is 0 Å². The minimum atomic E-state index is -0.878. The molecule has 0 spiro atoms. The zero-order chi connectivity index (χ0) is 40.7. The van der Waals surface area contributed by atoms with Crippen molar-refractivity contribution in [3.63, 3.8) is 0 Å². The van der Waals surface area contributed by atoms with Crippen molar-refractivity contribution < 1.29 is 38.2 Å². The fourth-order valence-corrected chi connectivity index (χ4v) is 6.54. The van der Waals surface area contributed by atoms with Crippen LogP contribution in [0.1, 0.15) is 194 Å². The van der Waals surface area contributed by atoms with Crippen molar-refractivity contribution in [2.75, 3.05) is 41.0 Å². The first-order valence-corrected chi connectivity index (χ1v) is 22.5. The number of carboxylic acid groups (broad SMARTS) is 1. The third-order valence-corrected chi connectivity index (χ3v) is 10.0. The van der Waals surface area contributed by atoms with Gasteiger partial charge in [-0.15, -0.1) is 0 Å². The van der Waals surface area contributed by atoms with E-state index in [4.69, 9.17) is 14.2 Å². The van der Waals surface area contributed by atoms with E-state index in [0.717, 1.165) is 70.6 Å². The fraction of sp³-hybridized carbons (Fsp3) is 0.809. The molecule has 0 bridgehead atoms. The van der Waals surface area contributed by atoms with Gasteiger partial charge in [0, 0.05) is 19.3 Å². The van der Waals surface area contributed by atoms with Crippen molar-refractivity contribution in [3.05, 3.63) is 36.5 Å². The Morgan fingerprint density at radius 1 is 0.564 bits per heavy atom. The molecule has 0 rings (SSSR count). The Morgan fingerprint density at radius 2 is 1.02 bits per heavy atom. The number of aliphatic carboxylic acids is 1. The summed E-state index contributed by atoms with van der Waals surface area (Å²) in [4.78, 5) is 36.9. The summed E-state index contributed by atoms with van der Waals surface area (Å²) in [5.41, 5.74) is 0. The maximum atomic E-state index is 12.7. The van der Waals surface area contributed by atoms with E-state index in [2.05, 4.69) is 50.3 Å². The second-order valence-corrected chi connectivity index (χ2v) is 16.3. The van der Waals surface area contributed by atoms with E-state index in [1.807, 2.05) is 21.1 Å². The molecule has 320 valence electrons. The molecule has 0 amide bonds. The molecule has 2 unspecified atom stereocenters. The number of carbonyl (C=O) groups excluding carboxylic acids is 2. The normalized spacial score (nSPS) is 13.3. The highest BCUT2D eigenvalue weighted by Gasteiger charge is 2.31. The molecule has 0 aromatic heterocycles. The minimum Gasteiger partial charge on any atom is -0.477 e. The van der Waals surface area contributed by atoms with Crippen molar-refractivity contribution in [1.82, 2.24) is 0 Å². The van der Waals surface area contributed by atoms with Crippen molar-refractivity contribution in [1.29, 1.82) is 0 Å². The first kappa shape index (κ1) is 52.6. The zero-order valence-electron chi connectivity index (χ0n) is 36.4. The van der Waals surface area contributed by atoms with Crippen LogP contribution in [0.3, 0.4) is 0 Å². The van der Waals surface area contributed by atoms with Crippen LogP contribution in [0.25, 0.3) is 0 Å². The van der Waals surface area contributed by atoms with Crippen LogP contribution in [0.5, 0.6) is 0 Å². The van der Waals surface area contributed by atoms with Gasteiger partial charge in [0.1, 0.15) is 6.61 Å². The molecule has 0 fully saturated rings. The molecule has 2 atom stereocenters. The summed E-state index contributed by atoms with van der Waals surface area (Å²) in [7, 11) is 5.52. The number of esters is 2. The molecule has 0 aliphatic carbocycles. The lowest BCUT2D eigenvalue weighted by molar-refractivity contribution is -0.887. The summed E-state index contributed by atoms with van der Waals surface area (Å²) in [6.45, 7) is 4.61. The van der Waals surface area contributed by atoms with Crippen molar-refractivity contribution in [3.8, 4) is 0 Å². The van der Waals surface area contributed by atoms with Gasteiger partial charge in [0.15, 0.2) is 12.1 Å². The second kappa shape index (κ2) is 38.4. The van der Waals surface area contributed by atoms with Gasteiger partial charge in [-0.3, -0.25) is 9.59 Å². The molecule has 0 aliphatic heterocycles. The van der Waals surface area contributed by atoms with E-state index in [1.165, 1.54) is 89.9 Å². The Kier molecular flexibility index (Phi) is 36.7. The van der Waals surface area contributed by atoms with Gasteiger partial charge in [-0.2, -0.15) is 0 Å². The molecular weight excluding hydrogens is 691 g/mol. The van der Waals surface area contributed by atoms with Crippen LogP contribution < -0.4 is 0 Å². The quantitative estimate of drug-likeness (QED) is 0.0286.